The molecule has 2 aromatic rings. The maximum absolute atomic E-state index is 13.3. The van der Waals surface area contributed by atoms with E-state index >= 15 is 0 Å². The molecular weight excluding hydrogens is 288 g/mol. The lowest BCUT2D eigenvalue weighted by atomic mass is 10.1. The summed E-state index contributed by atoms with van der Waals surface area (Å²) in [7, 11) is 0. The fourth-order valence-electron chi connectivity index (χ4n) is 1.68. The Balaban J connectivity index is 2.16. The maximum atomic E-state index is 13.3. The molecule has 0 aromatic heterocycles. The molecular formula is C14H10F4N2O. The van der Waals surface area contributed by atoms with Crippen LogP contribution in [-0.4, -0.2) is 6.03 Å². The van der Waals surface area contributed by atoms with Crippen LogP contribution in [0.3, 0.4) is 0 Å². The Morgan fingerprint density at radius 2 is 1.38 bits per heavy atom. The van der Waals surface area contributed by atoms with Crippen molar-refractivity contribution in [2.75, 3.05) is 10.6 Å². The summed E-state index contributed by atoms with van der Waals surface area (Å²) in [5, 5.41) is 4.20. The summed E-state index contributed by atoms with van der Waals surface area (Å²) in [5.41, 5.74) is -1.51. The van der Waals surface area contributed by atoms with Gasteiger partial charge in [0.05, 0.1) is 16.9 Å². The van der Waals surface area contributed by atoms with E-state index in [9.17, 15) is 22.4 Å². The summed E-state index contributed by atoms with van der Waals surface area (Å²) in [6.07, 6.45) is -4.60. The molecule has 0 aliphatic rings. The SMILES string of the molecule is O=C(Nc1ccccc1F)Nc1ccccc1C(F)(F)F. The number of rotatable bonds is 2. The number of carbonyl (C=O) groups is 1. The fourth-order valence-corrected chi connectivity index (χ4v) is 1.68. The van der Waals surface area contributed by atoms with E-state index in [0.29, 0.717) is 0 Å². The number of urea groups is 1. The molecule has 110 valence electrons. The second-order valence-corrected chi connectivity index (χ2v) is 4.10. The highest BCUT2D eigenvalue weighted by molar-refractivity contribution is 6.00. The Morgan fingerprint density at radius 3 is 2.00 bits per heavy atom. The number of benzene rings is 2. The number of para-hydroxylation sites is 2. The van der Waals surface area contributed by atoms with Crippen molar-refractivity contribution in [3.63, 3.8) is 0 Å². The predicted octanol–water partition coefficient (Wildman–Crippen LogP) is 4.49. The number of hydrogen-bond acceptors (Lipinski definition) is 1. The van der Waals surface area contributed by atoms with Crippen molar-refractivity contribution in [3.8, 4) is 0 Å². The van der Waals surface area contributed by atoms with Crippen molar-refractivity contribution in [1.82, 2.24) is 0 Å². The predicted molar refractivity (Wildman–Crippen MR) is 70.5 cm³/mol. The first kappa shape index (κ1) is 14.8. The van der Waals surface area contributed by atoms with Gasteiger partial charge in [-0.15, -0.1) is 0 Å². The van der Waals surface area contributed by atoms with Crippen molar-refractivity contribution >= 4 is 17.4 Å². The zero-order chi connectivity index (χ0) is 15.5. The molecule has 0 saturated carbocycles. The van der Waals surface area contributed by atoms with Gasteiger partial charge < -0.3 is 10.6 Å². The average molecular weight is 298 g/mol. The molecule has 7 heteroatoms. The molecule has 2 N–H and O–H groups in total. The van der Waals surface area contributed by atoms with Gasteiger partial charge in [-0.2, -0.15) is 13.2 Å². The van der Waals surface area contributed by atoms with Gasteiger partial charge in [-0.3, -0.25) is 0 Å². The van der Waals surface area contributed by atoms with E-state index in [4.69, 9.17) is 0 Å². The molecule has 2 rings (SSSR count). The molecule has 0 saturated heterocycles. The van der Waals surface area contributed by atoms with Gasteiger partial charge >= 0.3 is 12.2 Å². The Kier molecular flexibility index (Phi) is 4.11. The molecule has 0 aliphatic heterocycles. The van der Waals surface area contributed by atoms with Crippen LogP contribution in [0.15, 0.2) is 48.5 Å². The molecule has 2 amide bonds. The maximum Gasteiger partial charge on any atom is 0.418 e. The Morgan fingerprint density at radius 1 is 0.857 bits per heavy atom. The van der Waals surface area contributed by atoms with Gasteiger partial charge in [0.2, 0.25) is 0 Å². The standard InChI is InChI=1S/C14H10F4N2O/c15-10-6-2-4-8-12(10)20-13(21)19-11-7-3-1-5-9(11)14(16,17)18/h1-8H,(H2,19,20,21). The Hall–Kier alpha value is -2.57. The third kappa shape index (κ3) is 3.71. The average Bonchev–Trinajstić information content (AvgIpc) is 2.41. The summed E-state index contributed by atoms with van der Waals surface area (Å²) >= 11 is 0. The quantitative estimate of drug-likeness (QED) is 0.788. The largest absolute Gasteiger partial charge is 0.418 e. The van der Waals surface area contributed by atoms with Gasteiger partial charge in [-0.1, -0.05) is 24.3 Å². The van der Waals surface area contributed by atoms with Crippen LogP contribution in [-0.2, 0) is 6.18 Å². The minimum atomic E-state index is -4.60. The minimum Gasteiger partial charge on any atom is -0.307 e. The summed E-state index contributed by atoms with van der Waals surface area (Å²) in [6.45, 7) is 0. The molecule has 0 fully saturated rings. The molecule has 0 bridgehead atoms. The molecule has 0 unspecified atom stereocenters. The molecule has 0 heterocycles. The number of hydrogen-bond donors (Lipinski definition) is 2. The third-order valence-corrected chi connectivity index (χ3v) is 2.60. The first-order chi connectivity index (χ1) is 9.88. The highest BCUT2D eigenvalue weighted by atomic mass is 19.4. The summed E-state index contributed by atoms with van der Waals surface area (Å²) in [4.78, 5) is 11.7. The van der Waals surface area contributed by atoms with E-state index in [2.05, 4.69) is 10.6 Å². The van der Waals surface area contributed by atoms with E-state index < -0.39 is 29.3 Å². The number of carbonyl (C=O) groups excluding carboxylic acids is 1. The van der Waals surface area contributed by atoms with Crippen LogP contribution in [0.2, 0.25) is 0 Å². The van der Waals surface area contributed by atoms with Crippen molar-refractivity contribution in [2.24, 2.45) is 0 Å². The molecule has 2 aromatic carbocycles. The highest BCUT2D eigenvalue weighted by Crippen LogP contribution is 2.34. The van der Waals surface area contributed by atoms with Crippen LogP contribution in [0, 0.1) is 5.82 Å². The lowest BCUT2D eigenvalue weighted by Gasteiger charge is -2.14. The van der Waals surface area contributed by atoms with Crippen LogP contribution in [0.4, 0.5) is 33.7 Å². The summed E-state index contributed by atoms with van der Waals surface area (Å²) in [5.74, 6) is -0.684. The second-order valence-electron chi connectivity index (χ2n) is 4.10. The third-order valence-electron chi connectivity index (χ3n) is 2.60. The number of amides is 2. The fraction of sp³-hybridized carbons (Fsp3) is 0.0714. The van der Waals surface area contributed by atoms with Crippen LogP contribution < -0.4 is 10.6 Å². The molecule has 3 nitrogen and oxygen atoms in total. The Labute approximate surface area is 117 Å². The lowest BCUT2D eigenvalue weighted by molar-refractivity contribution is -0.136. The van der Waals surface area contributed by atoms with E-state index in [0.717, 1.165) is 18.2 Å². The van der Waals surface area contributed by atoms with Gasteiger partial charge in [0.15, 0.2) is 0 Å². The first-order valence-electron chi connectivity index (χ1n) is 5.86. The first-order valence-corrected chi connectivity index (χ1v) is 5.86. The van der Waals surface area contributed by atoms with Crippen molar-refractivity contribution in [2.45, 2.75) is 6.18 Å². The van der Waals surface area contributed by atoms with E-state index in [-0.39, 0.29) is 5.69 Å². The van der Waals surface area contributed by atoms with Crippen LogP contribution >= 0.6 is 0 Å². The Bertz CT molecular complexity index is 655. The van der Waals surface area contributed by atoms with E-state index in [1.165, 1.54) is 30.3 Å². The smallest absolute Gasteiger partial charge is 0.307 e. The second kappa shape index (κ2) is 5.82. The molecule has 21 heavy (non-hydrogen) atoms. The molecule has 0 spiro atoms. The van der Waals surface area contributed by atoms with E-state index in [1.54, 1.807) is 0 Å². The van der Waals surface area contributed by atoms with Crippen LogP contribution in [0.5, 0.6) is 0 Å². The van der Waals surface area contributed by atoms with E-state index in [1.807, 2.05) is 0 Å². The normalized spacial score (nSPS) is 11.0. The highest BCUT2D eigenvalue weighted by Gasteiger charge is 2.33. The topological polar surface area (TPSA) is 41.1 Å². The number of alkyl halides is 3. The zero-order valence-electron chi connectivity index (χ0n) is 10.5. The zero-order valence-corrected chi connectivity index (χ0v) is 10.5. The van der Waals surface area contributed by atoms with Crippen molar-refractivity contribution in [1.29, 1.82) is 0 Å². The summed E-state index contributed by atoms with van der Waals surface area (Å²) in [6, 6.07) is 8.90. The van der Waals surface area contributed by atoms with Crippen molar-refractivity contribution < 1.29 is 22.4 Å². The number of anilines is 2. The molecule has 0 radical (unpaired) electrons. The lowest BCUT2D eigenvalue weighted by Crippen LogP contribution is -2.22. The number of halogens is 4. The van der Waals surface area contributed by atoms with Gasteiger partial charge in [-0.25, -0.2) is 9.18 Å². The number of nitrogens with one attached hydrogen (secondary N) is 2. The van der Waals surface area contributed by atoms with Crippen LogP contribution in [0.1, 0.15) is 5.56 Å². The van der Waals surface area contributed by atoms with Gasteiger partial charge in [0, 0.05) is 0 Å². The van der Waals surface area contributed by atoms with Gasteiger partial charge in [0.1, 0.15) is 5.82 Å². The van der Waals surface area contributed by atoms with Crippen LogP contribution in [0.25, 0.3) is 0 Å². The molecule has 0 atom stereocenters. The monoisotopic (exact) mass is 298 g/mol. The molecule has 0 aliphatic carbocycles. The van der Waals surface area contributed by atoms with Gasteiger partial charge in [0.25, 0.3) is 0 Å². The minimum absolute atomic E-state index is 0.125. The van der Waals surface area contributed by atoms with Crippen molar-refractivity contribution in [3.05, 3.63) is 59.9 Å². The summed E-state index contributed by atoms with van der Waals surface area (Å²) < 4.78 is 51.6. The van der Waals surface area contributed by atoms with Gasteiger partial charge in [-0.05, 0) is 24.3 Å².